The molecule has 13 nitrogen and oxygen atoms in total. The Labute approximate surface area is 245 Å². The van der Waals surface area contributed by atoms with Gasteiger partial charge in [-0.3, -0.25) is 29.4 Å². The number of methoxy groups -OCH3 is 1. The van der Waals surface area contributed by atoms with Crippen molar-refractivity contribution >= 4 is 44.9 Å². The number of anilines is 3. The molecule has 3 rings (SSSR count). The molecule has 4 amide bonds. The largest absolute Gasteiger partial charge is 0.496 e. The Hall–Kier alpha value is -3.72. The topological polar surface area (TPSA) is 178 Å². The van der Waals surface area contributed by atoms with Crippen LogP contribution in [0, 0.1) is 0 Å². The van der Waals surface area contributed by atoms with E-state index in [0.29, 0.717) is 28.4 Å². The monoisotopic (exact) mass is 605 g/mol. The fraction of sp³-hybridized carbons (Fsp3) is 0.464. The van der Waals surface area contributed by atoms with Crippen LogP contribution in [0.3, 0.4) is 0 Å². The number of carbonyl (C=O) groups is 3. The second-order valence-corrected chi connectivity index (χ2v) is 12.7. The minimum Gasteiger partial charge on any atom is -0.496 e. The summed E-state index contributed by atoms with van der Waals surface area (Å²) in [5, 5.41) is 23.3. The first-order valence-corrected chi connectivity index (χ1v) is 15.1. The van der Waals surface area contributed by atoms with Crippen molar-refractivity contribution in [2.24, 2.45) is 0 Å². The summed E-state index contributed by atoms with van der Waals surface area (Å²) in [5.41, 5.74) is 1.56. The van der Waals surface area contributed by atoms with E-state index in [1.807, 2.05) is 20.8 Å². The van der Waals surface area contributed by atoms with Crippen LogP contribution in [-0.2, 0) is 20.2 Å². The molecule has 1 aliphatic heterocycles. The molecule has 1 aliphatic rings. The summed E-state index contributed by atoms with van der Waals surface area (Å²) in [4.78, 5) is 40.8. The number of carbonyl (C=O) groups excluding carboxylic acids is 3. The average Bonchev–Trinajstić information content (AvgIpc) is 2.91. The molecule has 0 unspecified atom stereocenters. The van der Waals surface area contributed by atoms with Gasteiger partial charge in [0.1, 0.15) is 5.75 Å². The molecular formula is C28H39N5O8S. The van der Waals surface area contributed by atoms with Crippen molar-refractivity contribution in [2.75, 3.05) is 67.2 Å². The van der Waals surface area contributed by atoms with Crippen molar-refractivity contribution in [3.05, 3.63) is 47.5 Å². The van der Waals surface area contributed by atoms with Gasteiger partial charge in [-0.05, 0) is 41.8 Å². The standard InChI is InChI=1S/C28H39N5O8S/c1-28(2,3)23-18-21(33-10-9-24(36)30-27(33)38)17-22(25(23)41-4)26(37)29-19-5-7-20(8-6-19)31-42(39,40)16-13-32(11-14-34)12-15-35/h5-8,17-18,31,34-35H,9-16H2,1-4H3,(H,29,37)(H,30,36,38). The summed E-state index contributed by atoms with van der Waals surface area (Å²) in [6.07, 6.45) is 0.129. The molecule has 1 fully saturated rings. The number of sulfonamides is 1. The maximum Gasteiger partial charge on any atom is 0.328 e. The summed E-state index contributed by atoms with van der Waals surface area (Å²) in [6.45, 7) is 6.36. The fourth-order valence-electron chi connectivity index (χ4n) is 4.44. The highest BCUT2D eigenvalue weighted by Crippen LogP contribution is 2.38. The highest BCUT2D eigenvalue weighted by atomic mass is 32.2. The molecule has 230 valence electrons. The third kappa shape index (κ3) is 8.64. The van der Waals surface area contributed by atoms with E-state index in [4.69, 9.17) is 14.9 Å². The minimum absolute atomic E-state index is 0.129. The molecule has 0 spiro atoms. The molecule has 0 aliphatic carbocycles. The van der Waals surface area contributed by atoms with Gasteiger partial charge in [0.05, 0.1) is 31.6 Å². The van der Waals surface area contributed by atoms with E-state index < -0.39 is 27.4 Å². The lowest BCUT2D eigenvalue weighted by Crippen LogP contribution is -2.49. The SMILES string of the molecule is COc1c(C(=O)Nc2ccc(NS(=O)(=O)CCN(CCO)CCO)cc2)cc(N2CCC(=O)NC2=O)cc1C(C)(C)C. The second-order valence-electron chi connectivity index (χ2n) is 10.8. The smallest absolute Gasteiger partial charge is 0.328 e. The van der Waals surface area contributed by atoms with Crippen LogP contribution in [0.5, 0.6) is 5.75 Å². The molecule has 0 radical (unpaired) electrons. The molecule has 2 aromatic carbocycles. The normalized spacial score (nSPS) is 14.1. The molecule has 0 aromatic heterocycles. The van der Waals surface area contributed by atoms with Crippen LogP contribution in [0.4, 0.5) is 21.9 Å². The molecule has 5 N–H and O–H groups in total. The highest BCUT2D eigenvalue weighted by molar-refractivity contribution is 7.92. The number of rotatable bonds is 13. The number of nitrogens with one attached hydrogen (secondary N) is 3. The fourth-order valence-corrected chi connectivity index (χ4v) is 5.54. The zero-order valence-electron chi connectivity index (χ0n) is 24.3. The molecule has 1 heterocycles. The Kier molecular flexibility index (Phi) is 10.9. The van der Waals surface area contributed by atoms with Crippen molar-refractivity contribution < 1.29 is 37.8 Å². The number of hydrogen-bond acceptors (Lipinski definition) is 9. The number of hydrogen-bond donors (Lipinski definition) is 5. The quantitative estimate of drug-likeness (QED) is 0.227. The Morgan fingerprint density at radius 3 is 2.21 bits per heavy atom. The van der Waals surface area contributed by atoms with Crippen LogP contribution in [-0.4, -0.2) is 93.6 Å². The van der Waals surface area contributed by atoms with Gasteiger partial charge in [0.15, 0.2) is 0 Å². The summed E-state index contributed by atoms with van der Waals surface area (Å²) in [5.74, 6) is -0.761. The first-order valence-electron chi connectivity index (χ1n) is 13.5. The van der Waals surface area contributed by atoms with Crippen LogP contribution >= 0.6 is 0 Å². The zero-order valence-corrected chi connectivity index (χ0v) is 25.1. The number of nitrogens with zero attached hydrogens (tertiary/aromatic N) is 2. The Morgan fingerprint density at radius 2 is 1.67 bits per heavy atom. The van der Waals surface area contributed by atoms with Crippen molar-refractivity contribution in [1.82, 2.24) is 10.2 Å². The first kappa shape index (κ1) is 32.8. The lowest BCUT2D eigenvalue weighted by molar-refractivity contribution is -0.120. The van der Waals surface area contributed by atoms with Crippen LogP contribution < -0.4 is 25.0 Å². The number of imide groups is 1. The van der Waals surface area contributed by atoms with E-state index in [2.05, 4.69) is 15.4 Å². The van der Waals surface area contributed by atoms with Crippen molar-refractivity contribution in [2.45, 2.75) is 32.6 Å². The Bertz CT molecular complexity index is 1380. The summed E-state index contributed by atoms with van der Waals surface area (Å²) in [6, 6.07) is 8.85. The molecule has 1 saturated heterocycles. The first-order chi connectivity index (χ1) is 19.8. The van der Waals surface area contributed by atoms with Crippen LogP contribution in [0.15, 0.2) is 36.4 Å². The van der Waals surface area contributed by atoms with E-state index in [-0.39, 0.29) is 63.0 Å². The molecule has 0 saturated carbocycles. The average molecular weight is 606 g/mol. The van der Waals surface area contributed by atoms with Gasteiger partial charge >= 0.3 is 6.03 Å². The van der Waals surface area contributed by atoms with Crippen molar-refractivity contribution in [3.63, 3.8) is 0 Å². The van der Waals surface area contributed by atoms with Crippen LogP contribution in [0.25, 0.3) is 0 Å². The van der Waals surface area contributed by atoms with Gasteiger partial charge in [-0.1, -0.05) is 20.8 Å². The minimum atomic E-state index is -3.71. The maximum atomic E-state index is 13.5. The molecule has 0 bridgehead atoms. The number of ether oxygens (including phenoxy) is 1. The lowest BCUT2D eigenvalue weighted by Gasteiger charge is -2.30. The van der Waals surface area contributed by atoms with Crippen LogP contribution in [0.2, 0.25) is 0 Å². The predicted octanol–water partition coefficient (Wildman–Crippen LogP) is 1.72. The third-order valence-electron chi connectivity index (χ3n) is 6.62. The summed E-state index contributed by atoms with van der Waals surface area (Å²) in [7, 11) is -2.25. The second kappa shape index (κ2) is 14.0. The molecule has 2 aromatic rings. The molecule has 14 heteroatoms. The van der Waals surface area contributed by atoms with Gasteiger partial charge in [0.2, 0.25) is 15.9 Å². The van der Waals surface area contributed by atoms with Crippen LogP contribution in [0.1, 0.15) is 43.1 Å². The van der Waals surface area contributed by atoms with E-state index in [0.717, 1.165) is 0 Å². The Morgan fingerprint density at radius 1 is 1.05 bits per heavy atom. The van der Waals surface area contributed by atoms with Crippen molar-refractivity contribution in [1.29, 1.82) is 0 Å². The number of aliphatic hydroxyl groups excluding tert-OH is 2. The summed E-state index contributed by atoms with van der Waals surface area (Å²) >= 11 is 0. The van der Waals surface area contributed by atoms with E-state index in [9.17, 15) is 22.8 Å². The molecule has 0 atom stereocenters. The summed E-state index contributed by atoms with van der Waals surface area (Å²) < 4.78 is 33.2. The van der Waals surface area contributed by atoms with Gasteiger partial charge < -0.3 is 20.3 Å². The van der Waals surface area contributed by atoms with E-state index >= 15 is 0 Å². The molecule has 42 heavy (non-hydrogen) atoms. The molecular weight excluding hydrogens is 566 g/mol. The predicted molar refractivity (Wildman–Crippen MR) is 160 cm³/mol. The lowest BCUT2D eigenvalue weighted by atomic mass is 9.84. The number of amides is 4. The number of benzene rings is 2. The Balaban J connectivity index is 1.80. The zero-order chi connectivity index (χ0) is 31.1. The number of aliphatic hydroxyl groups is 2. The van der Waals surface area contributed by atoms with E-state index in [1.165, 1.54) is 30.2 Å². The number of urea groups is 1. The van der Waals surface area contributed by atoms with Crippen molar-refractivity contribution in [3.8, 4) is 5.75 Å². The highest BCUT2D eigenvalue weighted by Gasteiger charge is 2.30. The van der Waals surface area contributed by atoms with Gasteiger partial charge in [-0.25, -0.2) is 13.2 Å². The van der Waals surface area contributed by atoms with Gasteiger partial charge in [0.25, 0.3) is 5.91 Å². The van der Waals surface area contributed by atoms with E-state index in [1.54, 1.807) is 23.1 Å². The van der Waals surface area contributed by atoms with Gasteiger partial charge in [-0.15, -0.1) is 0 Å². The van der Waals surface area contributed by atoms with Gasteiger partial charge in [0, 0.05) is 55.2 Å². The third-order valence-corrected chi connectivity index (χ3v) is 7.89. The maximum absolute atomic E-state index is 13.5. The van der Waals surface area contributed by atoms with Gasteiger partial charge in [-0.2, -0.15) is 0 Å².